The maximum Gasteiger partial charge on any atom is 0.0991 e. The Kier molecular flexibility index (Phi) is 4.57. The summed E-state index contributed by atoms with van der Waals surface area (Å²) >= 11 is 0. The lowest BCUT2D eigenvalue weighted by atomic mass is 9.86. The molecule has 19 heavy (non-hydrogen) atoms. The molecule has 1 aromatic carbocycles. The molecule has 3 rings (SSSR count). The molecule has 2 fully saturated rings. The Balaban J connectivity index is 0.00000133. The number of nitrogens with zero attached hydrogens (tertiary/aromatic N) is 2. The molecule has 3 heteroatoms. The molecule has 2 aliphatic rings. The van der Waals surface area contributed by atoms with E-state index >= 15 is 0 Å². The highest BCUT2D eigenvalue weighted by Gasteiger charge is 2.30. The number of hydrogen-bond acceptors (Lipinski definition) is 3. The van der Waals surface area contributed by atoms with Crippen molar-refractivity contribution >= 4 is 0 Å². The van der Waals surface area contributed by atoms with Gasteiger partial charge in [-0.25, -0.2) is 0 Å². The van der Waals surface area contributed by atoms with Crippen LogP contribution in [0.3, 0.4) is 0 Å². The van der Waals surface area contributed by atoms with Gasteiger partial charge in [0, 0.05) is 32.2 Å². The summed E-state index contributed by atoms with van der Waals surface area (Å²) in [6.45, 7) is 4.58. The van der Waals surface area contributed by atoms with E-state index in [4.69, 9.17) is 5.26 Å². The molecular formula is C16H23N3. The van der Waals surface area contributed by atoms with Crippen molar-refractivity contribution in [1.29, 1.82) is 5.26 Å². The average molecular weight is 257 g/mol. The third-order valence-corrected chi connectivity index (χ3v) is 4.26. The molecule has 1 aromatic rings. The smallest absolute Gasteiger partial charge is 0.0991 e. The first-order valence-corrected chi connectivity index (χ1v) is 6.81. The van der Waals surface area contributed by atoms with Crippen LogP contribution in [0.15, 0.2) is 24.3 Å². The van der Waals surface area contributed by atoms with E-state index in [9.17, 15) is 0 Å². The van der Waals surface area contributed by atoms with Crippen molar-refractivity contribution in [2.75, 3.05) is 26.2 Å². The van der Waals surface area contributed by atoms with Crippen molar-refractivity contribution in [3.05, 3.63) is 35.4 Å². The van der Waals surface area contributed by atoms with Gasteiger partial charge in [-0.15, -0.1) is 0 Å². The van der Waals surface area contributed by atoms with E-state index in [1.165, 1.54) is 24.9 Å². The molecule has 0 saturated carbocycles. The minimum atomic E-state index is 0. The lowest BCUT2D eigenvalue weighted by Gasteiger charge is -2.43. The monoisotopic (exact) mass is 257 g/mol. The number of piperazine rings is 1. The van der Waals surface area contributed by atoms with Gasteiger partial charge in [0.1, 0.15) is 0 Å². The third-order valence-electron chi connectivity index (χ3n) is 4.26. The number of benzene rings is 1. The van der Waals surface area contributed by atoms with Gasteiger partial charge < -0.3 is 5.32 Å². The van der Waals surface area contributed by atoms with Crippen LogP contribution in [-0.4, -0.2) is 37.1 Å². The second-order valence-electron chi connectivity index (χ2n) is 5.36. The fourth-order valence-corrected chi connectivity index (χ4v) is 3.23. The maximum atomic E-state index is 8.98. The van der Waals surface area contributed by atoms with E-state index < -0.39 is 0 Å². The Morgan fingerprint density at radius 1 is 1.32 bits per heavy atom. The van der Waals surface area contributed by atoms with Crippen LogP contribution < -0.4 is 5.32 Å². The van der Waals surface area contributed by atoms with Gasteiger partial charge in [-0.2, -0.15) is 5.26 Å². The highest BCUT2D eigenvalue weighted by atomic mass is 15.2. The molecule has 1 N–H and O–H groups in total. The van der Waals surface area contributed by atoms with Crippen LogP contribution in [-0.2, 0) is 0 Å². The SMILES string of the molecule is C.N#Cc1cccc(C2CCC3CNCCN3C2)c1. The molecule has 2 aliphatic heterocycles. The number of piperidine rings is 1. The highest BCUT2D eigenvalue weighted by molar-refractivity contribution is 5.34. The first-order valence-electron chi connectivity index (χ1n) is 6.81. The van der Waals surface area contributed by atoms with Crippen molar-refractivity contribution in [2.45, 2.75) is 32.2 Å². The van der Waals surface area contributed by atoms with Gasteiger partial charge in [0.15, 0.2) is 0 Å². The summed E-state index contributed by atoms with van der Waals surface area (Å²) in [6, 6.07) is 11.1. The number of fused-ring (bicyclic) bond motifs is 1. The molecule has 0 aromatic heterocycles. The predicted molar refractivity (Wildman–Crippen MR) is 78.1 cm³/mol. The quantitative estimate of drug-likeness (QED) is 0.839. The van der Waals surface area contributed by atoms with E-state index in [1.807, 2.05) is 12.1 Å². The summed E-state index contributed by atoms with van der Waals surface area (Å²) in [7, 11) is 0. The molecule has 0 aliphatic carbocycles. The summed E-state index contributed by atoms with van der Waals surface area (Å²) in [5.41, 5.74) is 2.13. The number of nitrogens with one attached hydrogen (secondary N) is 1. The first-order chi connectivity index (χ1) is 8.86. The molecule has 102 valence electrons. The van der Waals surface area contributed by atoms with Gasteiger partial charge in [-0.05, 0) is 36.5 Å². The third kappa shape index (κ3) is 2.97. The minimum Gasteiger partial charge on any atom is -0.314 e. The van der Waals surface area contributed by atoms with E-state index in [0.717, 1.165) is 31.2 Å². The number of rotatable bonds is 1. The van der Waals surface area contributed by atoms with Crippen molar-refractivity contribution in [3.8, 4) is 6.07 Å². The zero-order valence-corrected chi connectivity index (χ0v) is 10.6. The molecule has 2 saturated heterocycles. The van der Waals surface area contributed by atoms with Crippen LogP contribution in [0.5, 0.6) is 0 Å². The Labute approximate surface area is 116 Å². The Hall–Kier alpha value is -1.37. The summed E-state index contributed by atoms with van der Waals surface area (Å²) in [6.07, 6.45) is 2.52. The van der Waals surface area contributed by atoms with Crippen LogP contribution in [0.25, 0.3) is 0 Å². The van der Waals surface area contributed by atoms with Gasteiger partial charge in [0.2, 0.25) is 0 Å². The van der Waals surface area contributed by atoms with Crippen LogP contribution in [0.2, 0.25) is 0 Å². The fourth-order valence-electron chi connectivity index (χ4n) is 3.23. The van der Waals surface area contributed by atoms with E-state index in [1.54, 1.807) is 0 Å². The summed E-state index contributed by atoms with van der Waals surface area (Å²) < 4.78 is 0. The van der Waals surface area contributed by atoms with Gasteiger partial charge >= 0.3 is 0 Å². The lowest BCUT2D eigenvalue weighted by Crippen LogP contribution is -2.54. The van der Waals surface area contributed by atoms with Gasteiger partial charge in [-0.3, -0.25) is 4.90 Å². The Morgan fingerprint density at radius 3 is 3.05 bits per heavy atom. The standard InChI is InChI=1S/C15H19N3.CH4/c16-9-12-2-1-3-13(8-12)14-4-5-15-10-17-6-7-18(15)11-14;/h1-3,8,14-15,17H,4-7,10-11H2;1H4. The largest absolute Gasteiger partial charge is 0.314 e. The summed E-state index contributed by atoms with van der Waals surface area (Å²) in [5, 5.41) is 12.5. The highest BCUT2D eigenvalue weighted by Crippen LogP contribution is 2.30. The summed E-state index contributed by atoms with van der Waals surface area (Å²) in [4.78, 5) is 2.61. The molecule has 0 amide bonds. The average Bonchev–Trinajstić information content (AvgIpc) is 2.47. The van der Waals surface area contributed by atoms with Crippen LogP contribution in [0, 0.1) is 11.3 Å². The van der Waals surface area contributed by atoms with Crippen LogP contribution in [0.1, 0.15) is 37.3 Å². The molecular weight excluding hydrogens is 234 g/mol. The van der Waals surface area contributed by atoms with Crippen molar-refractivity contribution in [2.24, 2.45) is 0 Å². The van der Waals surface area contributed by atoms with Crippen molar-refractivity contribution in [3.63, 3.8) is 0 Å². The van der Waals surface area contributed by atoms with E-state index in [2.05, 4.69) is 28.4 Å². The second-order valence-corrected chi connectivity index (χ2v) is 5.36. The van der Waals surface area contributed by atoms with Crippen LogP contribution >= 0.6 is 0 Å². The lowest BCUT2D eigenvalue weighted by molar-refractivity contribution is 0.107. The van der Waals surface area contributed by atoms with E-state index in [-0.39, 0.29) is 7.43 Å². The molecule has 2 atom stereocenters. The molecule has 3 nitrogen and oxygen atoms in total. The van der Waals surface area contributed by atoms with Crippen molar-refractivity contribution in [1.82, 2.24) is 10.2 Å². The molecule has 0 bridgehead atoms. The summed E-state index contributed by atoms with van der Waals surface area (Å²) in [5.74, 6) is 0.604. The molecule has 2 heterocycles. The minimum absolute atomic E-state index is 0. The van der Waals surface area contributed by atoms with Crippen molar-refractivity contribution < 1.29 is 0 Å². The van der Waals surface area contributed by atoms with Crippen LogP contribution in [0.4, 0.5) is 0 Å². The molecule has 2 unspecified atom stereocenters. The maximum absolute atomic E-state index is 8.98. The fraction of sp³-hybridized carbons (Fsp3) is 0.562. The second kappa shape index (κ2) is 6.18. The van der Waals surface area contributed by atoms with E-state index in [0.29, 0.717) is 5.92 Å². The number of hydrogen-bond donors (Lipinski definition) is 1. The zero-order chi connectivity index (χ0) is 12.4. The first kappa shape index (κ1) is 14.0. The Bertz CT molecular complexity index is 463. The molecule has 0 spiro atoms. The number of nitriles is 1. The van der Waals surface area contributed by atoms with Gasteiger partial charge in [0.05, 0.1) is 11.6 Å². The predicted octanol–water partition coefficient (Wildman–Crippen LogP) is 2.35. The Morgan fingerprint density at radius 2 is 2.21 bits per heavy atom. The molecule has 0 radical (unpaired) electrons. The topological polar surface area (TPSA) is 39.1 Å². The zero-order valence-electron chi connectivity index (χ0n) is 10.6. The van der Waals surface area contributed by atoms with Gasteiger partial charge in [0.25, 0.3) is 0 Å². The van der Waals surface area contributed by atoms with Gasteiger partial charge in [-0.1, -0.05) is 19.6 Å². The normalized spacial score (nSPS) is 26.9.